The molecule has 0 saturated heterocycles. The van der Waals surface area contributed by atoms with Crippen molar-refractivity contribution in [2.75, 3.05) is 7.11 Å². The van der Waals surface area contributed by atoms with Gasteiger partial charge in [-0.15, -0.1) is 0 Å². The Hall–Kier alpha value is -2.04. The molecule has 3 N–H and O–H groups in total. The number of primary amides is 1. The van der Waals surface area contributed by atoms with Crippen molar-refractivity contribution < 1.29 is 19.4 Å². The highest BCUT2D eigenvalue weighted by atomic mass is 16.5. The SMILES string of the molecule is COc1cc(C(=O)O)c(C)cc1C(N)=O. The number of ether oxygens (including phenoxy) is 1. The first-order valence-corrected chi connectivity index (χ1v) is 4.19. The van der Waals surface area contributed by atoms with Crippen LogP contribution in [0.4, 0.5) is 0 Å². The van der Waals surface area contributed by atoms with Crippen LogP contribution in [0.15, 0.2) is 12.1 Å². The van der Waals surface area contributed by atoms with E-state index in [1.807, 2.05) is 0 Å². The lowest BCUT2D eigenvalue weighted by Crippen LogP contribution is -2.14. The van der Waals surface area contributed by atoms with Gasteiger partial charge in [0.05, 0.1) is 18.2 Å². The second kappa shape index (κ2) is 4.00. The summed E-state index contributed by atoms with van der Waals surface area (Å²) >= 11 is 0. The molecule has 0 aliphatic heterocycles. The van der Waals surface area contributed by atoms with Crippen LogP contribution in [0.3, 0.4) is 0 Å². The lowest BCUT2D eigenvalue weighted by molar-refractivity contribution is 0.0695. The molecule has 0 aliphatic rings. The van der Waals surface area contributed by atoms with Gasteiger partial charge < -0.3 is 15.6 Å². The van der Waals surface area contributed by atoms with Crippen molar-refractivity contribution in [1.82, 2.24) is 0 Å². The molecule has 0 unspecified atom stereocenters. The van der Waals surface area contributed by atoms with Crippen molar-refractivity contribution in [3.8, 4) is 5.75 Å². The van der Waals surface area contributed by atoms with Crippen molar-refractivity contribution in [1.29, 1.82) is 0 Å². The summed E-state index contributed by atoms with van der Waals surface area (Å²) in [7, 11) is 1.35. The Balaban J connectivity index is 3.42. The third kappa shape index (κ3) is 2.07. The van der Waals surface area contributed by atoms with Crippen LogP contribution in [0, 0.1) is 6.92 Å². The zero-order valence-corrected chi connectivity index (χ0v) is 8.40. The number of aryl methyl sites for hydroxylation is 1. The van der Waals surface area contributed by atoms with E-state index in [9.17, 15) is 9.59 Å². The molecular weight excluding hydrogens is 198 g/mol. The number of carboxylic acid groups (broad SMARTS) is 1. The number of amides is 1. The van der Waals surface area contributed by atoms with Crippen molar-refractivity contribution in [2.45, 2.75) is 6.92 Å². The van der Waals surface area contributed by atoms with Crippen LogP contribution in [0.5, 0.6) is 5.75 Å². The average Bonchev–Trinajstić information content (AvgIpc) is 2.16. The predicted molar refractivity (Wildman–Crippen MR) is 53.2 cm³/mol. The summed E-state index contributed by atoms with van der Waals surface area (Å²) in [6.07, 6.45) is 0. The van der Waals surface area contributed by atoms with Gasteiger partial charge in [0.15, 0.2) is 0 Å². The summed E-state index contributed by atoms with van der Waals surface area (Å²) in [5, 5.41) is 8.84. The van der Waals surface area contributed by atoms with Gasteiger partial charge in [-0.05, 0) is 24.6 Å². The third-order valence-electron chi connectivity index (χ3n) is 2.04. The van der Waals surface area contributed by atoms with Crippen molar-refractivity contribution >= 4 is 11.9 Å². The Kier molecular flexibility index (Phi) is 2.94. The summed E-state index contributed by atoms with van der Waals surface area (Å²) in [5.74, 6) is -1.54. The van der Waals surface area contributed by atoms with Crippen LogP contribution < -0.4 is 10.5 Å². The van der Waals surface area contributed by atoms with Crippen LogP contribution in [-0.4, -0.2) is 24.1 Å². The number of benzene rings is 1. The first-order valence-electron chi connectivity index (χ1n) is 4.19. The van der Waals surface area contributed by atoms with Gasteiger partial charge in [0, 0.05) is 0 Å². The minimum absolute atomic E-state index is 0.0943. The van der Waals surface area contributed by atoms with E-state index in [-0.39, 0.29) is 16.9 Å². The van der Waals surface area contributed by atoms with Crippen LogP contribution in [0.1, 0.15) is 26.3 Å². The molecule has 15 heavy (non-hydrogen) atoms. The Labute approximate surface area is 86.5 Å². The summed E-state index contributed by atoms with van der Waals surface area (Å²) in [6, 6.07) is 2.70. The quantitative estimate of drug-likeness (QED) is 0.770. The van der Waals surface area contributed by atoms with Gasteiger partial charge in [-0.25, -0.2) is 4.79 Å². The zero-order valence-electron chi connectivity index (χ0n) is 8.40. The molecule has 1 rings (SSSR count). The normalized spacial score (nSPS) is 9.73. The van der Waals surface area contributed by atoms with Crippen molar-refractivity contribution in [3.63, 3.8) is 0 Å². The average molecular weight is 209 g/mol. The molecule has 0 radical (unpaired) electrons. The fraction of sp³-hybridized carbons (Fsp3) is 0.200. The molecule has 1 aromatic rings. The molecule has 5 heteroatoms. The van der Waals surface area contributed by atoms with Crippen LogP contribution in [-0.2, 0) is 0 Å². The minimum Gasteiger partial charge on any atom is -0.496 e. The Morgan fingerprint density at radius 2 is 1.93 bits per heavy atom. The highest BCUT2D eigenvalue weighted by Gasteiger charge is 2.15. The number of carbonyl (C=O) groups is 2. The van der Waals surface area contributed by atoms with E-state index in [0.29, 0.717) is 5.56 Å². The van der Waals surface area contributed by atoms with Gasteiger partial charge >= 0.3 is 5.97 Å². The molecule has 1 amide bonds. The van der Waals surface area contributed by atoms with Crippen molar-refractivity contribution in [2.24, 2.45) is 5.73 Å². The van der Waals surface area contributed by atoms with Gasteiger partial charge in [-0.3, -0.25) is 4.79 Å². The number of hydrogen-bond acceptors (Lipinski definition) is 3. The molecule has 0 saturated carbocycles. The maximum Gasteiger partial charge on any atom is 0.336 e. The topological polar surface area (TPSA) is 89.6 Å². The Morgan fingerprint density at radius 3 is 2.33 bits per heavy atom. The summed E-state index contributed by atoms with van der Waals surface area (Å²) in [6.45, 7) is 1.59. The molecule has 0 spiro atoms. The van der Waals surface area contributed by atoms with E-state index >= 15 is 0 Å². The molecule has 80 valence electrons. The Morgan fingerprint density at radius 1 is 1.33 bits per heavy atom. The lowest BCUT2D eigenvalue weighted by Gasteiger charge is -2.08. The highest BCUT2D eigenvalue weighted by molar-refractivity contribution is 5.98. The van der Waals surface area contributed by atoms with Crippen LogP contribution in [0.2, 0.25) is 0 Å². The molecule has 0 aliphatic carbocycles. The smallest absolute Gasteiger partial charge is 0.336 e. The summed E-state index contributed by atoms with van der Waals surface area (Å²) in [5.41, 5.74) is 5.86. The molecular formula is C10H11NO4. The number of hydrogen-bond donors (Lipinski definition) is 2. The van der Waals surface area contributed by atoms with Gasteiger partial charge in [0.1, 0.15) is 5.75 Å². The molecule has 0 atom stereocenters. The maximum absolute atomic E-state index is 11.0. The van der Waals surface area contributed by atoms with E-state index in [2.05, 4.69) is 0 Å². The number of rotatable bonds is 3. The second-order valence-corrected chi connectivity index (χ2v) is 3.04. The fourth-order valence-electron chi connectivity index (χ4n) is 1.28. The molecule has 5 nitrogen and oxygen atoms in total. The maximum atomic E-state index is 11.0. The largest absolute Gasteiger partial charge is 0.496 e. The minimum atomic E-state index is -1.07. The van der Waals surface area contributed by atoms with E-state index in [0.717, 1.165) is 0 Å². The highest BCUT2D eigenvalue weighted by Crippen LogP contribution is 2.23. The molecule has 0 fully saturated rings. The van der Waals surface area contributed by atoms with Crippen LogP contribution in [0.25, 0.3) is 0 Å². The molecule has 1 aromatic carbocycles. The fourth-order valence-corrected chi connectivity index (χ4v) is 1.28. The Bertz CT molecular complexity index is 426. The van der Waals surface area contributed by atoms with Gasteiger partial charge in [-0.1, -0.05) is 0 Å². The number of carbonyl (C=O) groups excluding carboxylic acids is 1. The zero-order chi connectivity index (χ0) is 11.6. The van der Waals surface area contributed by atoms with E-state index in [4.69, 9.17) is 15.6 Å². The monoisotopic (exact) mass is 209 g/mol. The van der Waals surface area contributed by atoms with Gasteiger partial charge in [0.2, 0.25) is 0 Å². The lowest BCUT2D eigenvalue weighted by atomic mass is 10.0. The van der Waals surface area contributed by atoms with Crippen molar-refractivity contribution in [3.05, 3.63) is 28.8 Å². The van der Waals surface area contributed by atoms with E-state index < -0.39 is 11.9 Å². The van der Waals surface area contributed by atoms with E-state index in [1.165, 1.54) is 19.2 Å². The summed E-state index contributed by atoms with van der Waals surface area (Å²) in [4.78, 5) is 21.8. The van der Waals surface area contributed by atoms with E-state index in [1.54, 1.807) is 6.92 Å². The molecule has 0 bridgehead atoms. The standard InChI is InChI=1S/C10H11NO4/c1-5-3-7(9(11)12)8(15-2)4-6(5)10(13)14/h3-4H,1-2H3,(H2,11,12)(H,13,14). The van der Waals surface area contributed by atoms with Gasteiger partial charge in [0.25, 0.3) is 5.91 Å². The first-order chi connectivity index (χ1) is 6.97. The predicted octanol–water partition coefficient (Wildman–Crippen LogP) is 0.801. The van der Waals surface area contributed by atoms with Gasteiger partial charge in [-0.2, -0.15) is 0 Å². The number of nitrogens with two attached hydrogens (primary N) is 1. The number of aromatic carboxylic acids is 1. The second-order valence-electron chi connectivity index (χ2n) is 3.04. The van der Waals surface area contributed by atoms with Crippen LogP contribution >= 0.6 is 0 Å². The summed E-state index contributed by atoms with van der Waals surface area (Å²) < 4.78 is 4.89. The molecule has 0 aromatic heterocycles. The number of carboxylic acids is 1. The molecule has 0 heterocycles. The third-order valence-corrected chi connectivity index (χ3v) is 2.04. The first kappa shape index (κ1) is 11.0. The number of methoxy groups -OCH3 is 1.